The second kappa shape index (κ2) is 2.62. The van der Waals surface area contributed by atoms with Crippen LogP contribution >= 0.6 is 0 Å². The van der Waals surface area contributed by atoms with E-state index in [1.165, 1.54) is 0 Å². The summed E-state index contributed by atoms with van der Waals surface area (Å²) in [6.45, 7) is 1.94. The average molecular weight is 174 g/mol. The summed E-state index contributed by atoms with van der Waals surface area (Å²) >= 11 is 0. The second-order valence-corrected chi connectivity index (χ2v) is 3.04. The number of hydrogen-bond acceptors (Lipinski definition) is 3. The van der Waals surface area contributed by atoms with Gasteiger partial charge in [-0.1, -0.05) is 0 Å². The molecule has 1 aromatic heterocycles. The Balaban J connectivity index is 2.87. The zero-order valence-electron chi connectivity index (χ0n) is 7.28. The topological polar surface area (TPSA) is 59.1 Å². The van der Waals surface area contributed by atoms with E-state index < -0.39 is 0 Å². The molecule has 1 aromatic carbocycles. The van der Waals surface area contributed by atoms with E-state index in [1.54, 1.807) is 18.3 Å². The van der Waals surface area contributed by atoms with Crippen LogP contribution in [0.15, 0.2) is 24.4 Å². The van der Waals surface area contributed by atoms with Crippen LogP contribution in [0.25, 0.3) is 10.9 Å². The molecule has 1 heterocycles. The lowest BCUT2D eigenvalue weighted by atomic mass is 10.1. The average Bonchev–Trinajstić information content (AvgIpc) is 2.12. The molecule has 3 N–H and O–H groups in total. The third kappa shape index (κ3) is 1.18. The predicted molar refractivity (Wildman–Crippen MR) is 52.6 cm³/mol. The van der Waals surface area contributed by atoms with Gasteiger partial charge in [0.15, 0.2) is 0 Å². The van der Waals surface area contributed by atoms with Crippen molar-refractivity contribution in [1.29, 1.82) is 0 Å². The lowest BCUT2D eigenvalue weighted by Crippen LogP contribution is -1.92. The molecule has 2 aromatic rings. The van der Waals surface area contributed by atoms with E-state index in [0.717, 1.165) is 16.5 Å². The SMILES string of the molecule is Cc1c(N)cnc2cc(O)ccc12. The smallest absolute Gasteiger partial charge is 0.117 e. The van der Waals surface area contributed by atoms with Gasteiger partial charge in [0.2, 0.25) is 0 Å². The van der Waals surface area contributed by atoms with Gasteiger partial charge in [-0.2, -0.15) is 0 Å². The molecule has 2 rings (SSSR count). The number of nitrogen functional groups attached to an aromatic ring is 1. The number of fused-ring (bicyclic) bond motifs is 1. The Morgan fingerprint density at radius 1 is 1.38 bits per heavy atom. The van der Waals surface area contributed by atoms with Crippen LogP contribution < -0.4 is 5.73 Å². The largest absolute Gasteiger partial charge is 0.508 e. The van der Waals surface area contributed by atoms with Gasteiger partial charge in [-0.25, -0.2) is 0 Å². The van der Waals surface area contributed by atoms with E-state index in [-0.39, 0.29) is 5.75 Å². The second-order valence-electron chi connectivity index (χ2n) is 3.04. The van der Waals surface area contributed by atoms with Crippen molar-refractivity contribution in [1.82, 2.24) is 4.98 Å². The van der Waals surface area contributed by atoms with Crippen molar-refractivity contribution in [2.24, 2.45) is 0 Å². The minimum atomic E-state index is 0.226. The first kappa shape index (κ1) is 7.86. The fraction of sp³-hybridized carbons (Fsp3) is 0.100. The highest BCUT2D eigenvalue weighted by Crippen LogP contribution is 2.23. The van der Waals surface area contributed by atoms with Gasteiger partial charge in [0.05, 0.1) is 17.4 Å². The van der Waals surface area contributed by atoms with Crippen molar-refractivity contribution >= 4 is 16.6 Å². The Hall–Kier alpha value is -1.77. The molecule has 0 saturated carbocycles. The summed E-state index contributed by atoms with van der Waals surface area (Å²) in [6, 6.07) is 5.08. The number of nitrogens with zero attached hydrogens (tertiary/aromatic N) is 1. The normalized spacial score (nSPS) is 10.5. The molecule has 0 bridgehead atoms. The predicted octanol–water partition coefficient (Wildman–Crippen LogP) is 1.83. The van der Waals surface area contributed by atoms with Crippen molar-refractivity contribution in [3.8, 4) is 5.75 Å². The van der Waals surface area contributed by atoms with E-state index in [2.05, 4.69) is 4.98 Å². The fourth-order valence-corrected chi connectivity index (χ4v) is 1.34. The van der Waals surface area contributed by atoms with Crippen LogP contribution in [0.4, 0.5) is 5.69 Å². The molecular formula is C10H10N2O. The van der Waals surface area contributed by atoms with Crippen molar-refractivity contribution in [2.45, 2.75) is 6.92 Å². The number of pyridine rings is 1. The molecule has 0 aliphatic carbocycles. The zero-order valence-corrected chi connectivity index (χ0v) is 7.28. The van der Waals surface area contributed by atoms with Crippen LogP contribution in [-0.2, 0) is 0 Å². The fourth-order valence-electron chi connectivity index (χ4n) is 1.34. The highest BCUT2D eigenvalue weighted by Gasteiger charge is 2.01. The summed E-state index contributed by atoms with van der Waals surface area (Å²) < 4.78 is 0. The van der Waals surface area contributed by atoms with Gasteiger partial charge in [0, 0.05) is 11.5 Å². The number of phenols is 1. The molecule has 0 saturated heterocycles. The van der Waals surface area contributed by atoms with Crippen molar-refractivity contribution in [3.05, 3.63) is 30.0 Å². The number of aryl methyl sites for hydroxylation is 1. The van der Waals surface area contributed by atoms with Crippen molar-refractivity contribution in [2.75, 3.05) is 5.73 Å². The molecule has 0 amide bonds. The molecule has 0 radical (unpaired) electrons. The Kier molecular flexibility index (Phi) is 1.59. The summed E-state index contributed by atoms with van der Waals surface area (Å²) in [5.74, 6) is 0.226. The molecule has 13 heavy (non-hydrogen) atoms. The van der Waals surface area contributed by atoms with E-state index in [4.69, 9.17) is 5.73 Å². The first-order valence-electron chi connectivity index (χ1n) is 4.02. The minimum Gasteiger partial charge on any atom is -0.508 e. The Morgan fingerprint density at radius 2 is 2.15 bits per heavy atom. The summed E-state index contributed by atoms with van der Waals surface area (Å²) in [6.07, 6.45) is 1.61. The molecular weight excluding hydrogens is 164 g/mol. The number of hydrogen-bond donors (Lipinski definition) is 2. The Morgan fingerprint density at radius 3 is 2.92 bits per heavy atom. The number of aromatic nitrogens is 1. The van der Waals surface area contributed by atoms with E-state index in [0.29, 0.717) is 5.69 Å². The van der Waals surface area contributed by atoms with Crippen LogP contribution in [-0.4, -0.2) is 10.1 Å². The third-order valence-corrected chi connectivity index (χ3v) is 2.16. The van der Waals surface area contributed by atoms with E-state index >= 15 is 0 Å². The number of phenolic OH excluding ortho intramolecular Hbond substituents is 1. The molecule has 3 heteroatoms. The van der Waals surface area contributed by atoms with Gasteiger partial charge in [-0.15, -0.1) is 0 Å². The standard InChI is InChI=1S/C10H10N2O/c1-6-8-3-2-7(13)4-10(8)12-5-9(6)11/h2-5,13H,11H2,1H3. The highest BCUT2D eigenvalue weighted by molar-refractivity contribution is 5.86. The molecule has 0 atom stereocenters. The molecule has 3 nitrogen and oxygen atoms in total. The Bertz CT molecular complexity index is 466. The monoisotopic (exact) mass is 174 g/mol. The molecule has 0 unspecified atom stereocenters. The number of rotatable bonds is 0. The van der Waals surface area contributed by atoms with Crippen LogP contribution in [0, 0.1) is 6.92 Å². The summed E-state index contributed by atoms with van der Waals surface area (Å²) in [7, 11) is 0. The first-order chi connectivity index (χ1) is 6.18. The maximum absolute atomic E-state index is 9.22. The van der Waals surface area contributed by atoms with Crippen LogP contribution in [0.5, 0.6) is 5.75 Å². The number of nitrogens with two attached hydrogens (primary N) is 1. The quantitative estimate of drug-likeness (QED) is 0.640. The Labute approximate surface area is 75.8 Å². The van der Waals surface area contributed by atoms with Gasteiger partial charge in [-0.05, 0) is 24.6 Å². The minimum absolute atomic E-state index is 0.226. The first-order valence-corrected chi connectivity index (χ1v) is 4.02. The number of anilines is 1. The summed E-state index contributed by atoms with van der Waals surface area (Å²) in [4.78, 5) is 4.12. The van der Waals surface area contributed by atoms with E-state index in [1.807, 2.05) is 13.0 Å². The summed E-state index contributed by atoms with van der Waals surface area (Å²) in [5, 5.41) is 10.2. The van der Waals surface area contributed by atoms with Gasteiger partial charge in [0.25, 0.3) is 0 Å². The lowest BCUT2D eigenvalue weighted by Gasteiger charge is -2.04. The van der Waals surface area contributed by atoms with Crippen molar-refractivity contribution in [3.63, 3.8) is 0 Å². The maximum atomic E-state index is 9.22. The molecule has 0 aliphatic heterocycles. The lowest BCUT2D eigenvalue weighted by molar-refractivity contribution is 0.476. The van der Waals surface area contributed by atoms with Crippen LogP contribution in [0.1, 0.15) is 5.56 Å². The van der Waals surface area contributed by atoms with Crippen molar-refractivity contribution < 1.29 is 5.11 Å². The number of aromatic hydroxyl groups is 1. The van der Waals surface area contributed by atoms with Gasteiger partial charge in [-0.3, -0.25) is 4.98 Å². The highest BCUT2D eigenvalue weighted by atomic mass is 16.3. The summed E-state index contributed by atoms with van der Waals surface area (Å²) in [5.41, 5.74) is 8.15. The van der Waals surface area contributed by atoms with Crippen LogP contribution in [0.3, 0.4) is 0 Å². The van der Waals surface area contributed by atoms with Gasteiger partial charge in [0.1, 0.15) is 5.75 Å². The number of benzene rings is 1. The molecule has 0 fully saturated rings. The van der Waals surface area contributed by atoms with Gasteiger partial charge >= 0.3 is 0 Å². The maximum Gasteiger partial charge on any atom is 0.117 e. The zero-order chi connectivity index (χ0) is 9.42. The van der Waals surface area contributed by atoms with Gasteiger partial charge < -0.3 is 10.8 Å². The molecule has 0 spiro atoms. The van der Waals surface area contributed by atoms with E-state index in [9.17, 15) is 5.11 Å². The third-order valence-electron chi connectivity index (χ3n) is 2.16. The molecule has 66 valence electrons. The molecule has 0 aliphatic rings. The van der Waals surface area contributed by atoms with Crippen LogP contribution in [0.2, 0.25) is 0 Å².